The van der Waals surface area contributed by atoms with Crippen molar-refractivity contribution in [1.29, 1.82) is 0 Å². The molecule has 88 valence electrons. The van der Waals surface area contributed by atoms with Crippen LogP contribution in [0.15, 0.2) is 18.2 Å². The molecule has 1 heterocycles. The van der Waals surface area contributed by atoms with Gasteiger partial charge in [0.1, 0.15) is 13.2 Å². The molecule has 1 aromatic carbocycles. The Morgan fingerprint density at radius 1 is 1.12 bits per heavy atom. The first-order chi connectivity index (χ1) is 7.90. The second-order valence-electron chi connectivity index (χ2n) is 3.67. The van der Waals surface area contributed by atoms with Crippen molar-refractivity contribution in [3.63, 3.8) is 0 Å². The third-order valence-electron chi connectivity index (χ3n) is 2.47. The minimum Gasteiger partial charge on any atom is -0.486 e. The van der Waals surface area contributed by atoms with E-state index >= 15 is 0 Å². The maximum Gasteiger partial charge on any atom is 0.161 e. The minimum atomic E-state index is 0.640. The Labute approximate surface area is 101 Å². The van der Waals surface area contributed by atoms with Crippen molar-refractivity contribution in [3.05, 3.63) is 23.8 Å². The van der Waals surface area contributed by atoms with Gasteiger partial charge in [0.25, 0.3) is 0 Å². The summed E-state index contributed by atoms with van der Waals surface area (Å²) in [6, 6.07) is 6.11. The highest BCUT2D eigenvalue weighted by molar-refractivity contribution is 6.18. The number of ether oxygens (including phenoxy) is 2. The van der Waals surface area contributed by atoms with E-state index in [0.717, 1.165) is 31.0 Å². The minimum absolute atomic E-state index is 0.640. The lowest BCUT2D eigenvalue weighted by atomic mass is 10.1. The molecule has 0 amide bonds. The van der Waals surface area contributed by atoms with Gasteiger partial charge < -0.3 is 14.8 Å². The Morgan fingerprint density at radius 2 is 1.94 bits per heavy atom. The van der Waals surface area contributed by atoms with Gasteiger partial charge in [0.05, 0.1) is 0 Å². The van der Waals surface area contributed by atoms with Crippen LogP contribution in [0.1, 0.15) is 5.56 Å². The Balaban J connectivity index is 1.90. The number of halogens is 1. The summed E-state index contributed by atoms with van der Waals surface area (Å²) in [6.07, 6.45) is 0.980. The fourth-order valence-corrected chi connectivity index (χ4v) is 1.80. The van der Waals surface area contributed by atoms with Crippen LogP contribution in [-0.2, 0) is 6.42 Å². The third kappa shape index (κ3) is 3.03. The van der Waals surface area contributed by atoms with E-state index in [1.54, 1.807) is 0 Å². The summed E-state index contributed by atoms with van der Waals surface area (Å²) in [6.45, 7) is 3.07. The molecule has 1 N–H and O–H groups in total. The zero-order valence-electron chi connectivity index (χ0n) is 9.17. The van der Waals surface area contributed by atoms with Gasteiger partial charge in [0, 0.05) is 12.4 Å². The topological polar surface area (TPSA) is 30.5 Å². The van der Waals surface area contributed by atoms with Crippen molar-refractivity contribution in [2.24, 2.45) is 0 Å². The standard InChI is InChI=1S/C12H16ClNO2/c13-4-6-14-5-3-10-1-2-11-12(9-10)16-8-7-15-11/h1-2,9,14H,3-8H2. The Bertz CT molecular complexity index is 344. The van der Waals surface area contributed by atoms with Crippen LogP contribution in [-0.4, -0.2) is 32.2 Å². The van der Waals surface area contributed by atoms with E-state index in [1.807, 2.05) is 6.07 Å². The van der Waals surface area contributed by atoms with Gasteiger partial charge in [0.15, 0.2) is 11.5 Å². The second-order valence-corrected chi connectivity index (χ2v) is 4.04. The highest BCUT2D eigenvalue weighted by atomic mass is 35.5. The van der Waals surface area contributed by atoms with Gasteiger partial charge in [-0.15, -0.1) is 11.6 Å². The first-order valence-electron chi connectivity index (χ1n) is 5.55. The van der Waals surface area contributed by atoms with E-state index in [9.17, 15) is 0 Å². The molecule has 4 heteroatoms. The SMILES string of the molecule is ClCCNCCc1ccc2c(c1)OCCO2. The lowest BCUT2D eigenvalue weighted by Gasteiger charge is -2.18. The Morgan fingerprint density at radius 3 is 2.75 bits per heavy atom. The molecule has 1 aliphatic heterocycles. The number of alkyl halides is 1. The number of fused-ring (bicyclic) bond motifs is 1. The number of nitrogens with one attached hydrogen (secondary N) is 1. The van der Waals surface area contributed by atoms with E-state index in [2.05, 4.69) is 17.4 Å². The van der Waals surface area contributed by atoms with Crippen LogP contribution in [0.3, 0.4) is 0 Å². The molecular formula is C12H16ClNO2. The summed E-state index contributed by atoms with van der Waals surface area (Å²) in [7, 11) is 0. The van der Waals surface area contributed by atoms with Crippen LogP contribution in [0.2, 0.25) is 0 Å². The van der Waals surface area contributed by atoms with E-state index in [1.165, 1.54) is 5.56 Å². The van der Waals surface area contributed by atoms with E-state index < -0.39 is 0 Å². The lowest BCUT2D eigenvalue weighted by Crippen LogP contribution is -2.19. The van der Waals surface area contributed by atoms with E-state index in [-0.39, 0.29) is 0 Å². The summed E-state index contributed by atoms with van der Waals surface area (Å²) < 4.78 is 11.0. The molecule has 0 spiro atoms. The maximum absolute atomic E-state index is 5.58. The molecule has 0 saturated carbocycles. The molecule has 0 aromatic heterocycles. The molecule has 0 fully saturated rings. The zero-order valence-corrected chi connectivity index (χ0v) is 9.93. The molecule has 0 unspecified atom stereocenters. The molecule has 1 aliphatic rings. The summed E-state index contributed by atoms with van der Waals surface area (Å²) in [5.41, 5.74) is 1.26. The van der Waals surface area contributed by atoms with Crippen molar-refractivity contribution in [2.75, 3.05) is 32.2 Å². The van der Waals surface area contributed by atoms with Gasteiger partial charge >= 0.3 is 0 Å². The summed E-state index contributed by atoms with van der Waals surface area (Å²) in [5, 5.41) is 3.26. The normalized spacial score (nSPS) is 13.8. The molecule has 0 atom stereocenters. The second kappa shape index (κ2) is 5.97. The van der Waals surface area contributed by atoms with Crippen LogP contribution in [0, 0.1) is 0 Å². The lowest BCUT2D eigenvalue weighted by molar-refractivity contribution is 0.171. The molecule has 0 aliphatic carbocycles. The molecule has 1 aromatic rings. The summed E-state index contributed by atoms with van der Waals surface area (Å²) in [5.74, 6) is 2.37. The third-order valence-corrected chi connectivity index (χ3v) is 2.66. The monoisotopic (exact) mass is 241 g/mol. The largest absolute Gasteiger partial charge is 0.486 e. The fraction of sp³-hybridized carbons (Fsp3) is 0.500. The van der Waals surface area contributed by atoms with Crippen molar-refractivity contribution in [2.45, 2.75) is 6.42 Å². The Kier molecular flexibility index (Phi) is 4.31. The molecule has 2 rings (SSSR count). The molecule has 3 nitrogen and oxygen atoms in total. The van der Waals surface area contributed by atoms with Crippen LogP contribution >= 0.6 is 11.6 Å². The van der Waals surface area contributed by atoms with Crippen LogP contribution in [0.25, 0.3) is 0 Å². The van der Waals surface area contributed by atoms with Crippen molar-refractivity contribution < 1.29 is 9.47 Å². The van der Waals surface area contributed by atoms with Gasteiger partial charge in [-0.25, -0.2) is 0 Å². The van der Waals surface area contributed by atoms with Gasteiger partial charge in [-0.3, -0.25) is 0 Å². The predicted molar refractivity (Wildman–Crippen MR) is 64.7 cm³/mol. The van der Waals surface area contributed by atoms with Crippen LogP contribution in [0.4, 0.5) is 0 Å². The molecule has 16 heavy (non-hydrogen) atoms. The molecule has 0 bridgehead atoms. The van der Waals surface area contributed by atoms with Gasteiger partial charge in [-0.1, -0.05) is 6.07 Å². The highest BCUT2D eigenvalue weighted by Crippen LogP contribution is 2.30. The number of hydrogen-bond donors (Lipinski definition) is 1. The first kappa shape index (κ1) is 11.6. The van der Waals surface area contributed by atoms with Crippen LogP contribution in [0.5, 0.6) is 11.5 Å². The van der Waals surface area contributed by atoms with Crippen LogP contribution < -0.4 is 14.8 Å². The average molecular weight is 242 g/mol. The number of rotatable bonds is 5. The predicted octanol–water partition coefficient (Wildman–Crippen LogP) is 1.83. The highest BCUT2D eigenvalue weighted by Gasteiger charge is 2.11. The number of hydrogen-bond acceptors (Lipinski definition) is 3. The number of benzene rings is 1. The summed E-state index contributed by atoms with van der Waals surface area (Å²) >= 11 is 5.58. The Hall–Kier alpha value is -0.930. The fourth-order valence-electron chi connectivity index (χ4n) is 1.67. The molecule has 0 saturated heterocycles. The molecular weight excluding hydrogens is 226 g/mol. The van der Waals surface area contributed by atoms with Crippen molar-refractivity contribution >= 4 is 11.6 Å². The quantitative estimate of drug-likeness (QED) is 0.630. The first-order valence-corrected chi connectivity index (χ1v) is 6.09. The van der Waals surface area contributed by atoms with Gasteiger partial charge in [-0.05, 0) is 30.7 Å². The van der Waals surface area contributed by atoms with E-state index in [4.69, 9.17) is 21.1 Å². The zero-order chi connectivity index (χ0) is 11.2. The van der Waals surface area contributed by atoms with Gasteiger partial charge in [0.2, 0.25) is 0 Å². The maximum atomic E-state index is 5.58. The average Bonchev–Trinajstić information content (AvgIpc) is 2.34. The molecule has 0 radical (unpaired) electrons. The van der Waals surface area contributed by atoms with E-state index in [0.29, 0.717) is 19.1 Å². The van der Waals surface area contributed by atoms with Crippen molar-refractivity contribution in [1.82, 2.24) is 5.32 Å². The van der Waals surface area contributed by atoms with Crippen molar-refractivity contribution in [3.8, 4) is 11.5 Å². The van der Waals surface area contributed by atoms with Gasteiger partial charge in [-0.2, -0.15) is 0 Å². The summed E-state index contributed by atoms with van der Waals surface area (Å²) in [4.78, 5) is 0. The smallest absolute Gasteiger partial charge is 0.161 e.